The Labute approximate surface area is 267 Å². The molecule has 2 aliphatic heterocycles. The third kappa shape index (κ3) is 4.80. The molecular weight excluding hydrogens is 625 g/mol. The van der Waals surface area contributed by atoms with Crippen molar-refractivity contribution in [1.29, 1.82) is 0 Å². The van der Waals surface area contributed by atoms with Gasteiger partial charge >= 0.3 is 5.56 Å². The van der Waals surface area contributed by atoms with Crippen LogP contribution >= 0.6 is 23.2 Å². The van der Waals surface area contributed by atoms with Crippen LogP contribution in [0, 0.1) is 18.6 Å². The maximum atomic E-state index is 16.2. The Morgan fingerprint density at radius 3 is 2.62 bits per heavy atom. The Bertz CT molecular complexity index is 1960. The number of hydrogen-bond acceptors (Lipinski definition) is 7. The number of nitrogen functional groups attached to an aromatic ring is 1. The molecule has 5 heterocycles. The monoisotopic (exact) mass is 654 g/mol. The molecule has 6 rings (SSSR count). The van der Waals surface area contributed by atoms with Gasteiger partial charge in [0.05, 0.1) is 44.4 Å². The summed E-state index contributed by atoms with van der Waals surface area (Å²) in [5.74, 6) is -2.24. The second-order valence-corrected chi connectivity index (χ2v) is 12.4. The van der Waals surface area contributed by atoms with Crippen molar-refractivity contribution in [2.75, 3.05) is 30.3 Å². The summed E-state index contributed by atoms with van der Waals surface area (Å²) in [6.07, 6.45) is 2.91. The number of nitrogens with two attached hydrogens (primary N) is 1. The summed E-state index contributed by atoms with van der Waals surface area (Å²) in [4.78, 5) is 39.9. The number of carbonyl (C=O) groups is 1. The summed E-state index contributed by atoms with van der Waals surface area (Å²) >= 11 is 12.3. The quantitative estimate of drug-likeness (QED) is 0.163. The van der Waals surface area contributed by atoms with E-state index in [0.29, 0.717) is 35.7 Å². The normalized spacial score (nSPS) is 17.7. The second kappa shape index (κ2) is 11.3. The van der Waals surface area contributed by atoms with Gasteiger partial charge in [0.15, 0.2) is 17.3 Å². The van der Waals surface area contributed by atoms with Gasteiger partial charge in [-0.2, -0.15) is 0 Å². The second-order valence-electron chi connectivity index (χ2n) is 11.6. The van der Waals surface area contributed by atoms with E-state index in [-0.39, 0.29) is 63.0 Å². The molecule has 1 aromatic carbocycles. The smallest absolute Gasteiger partial charge is 0.301 e. The average Bonchev–Trinajstić information content (AvgIpc) is 3.00. The molecule has 2 atom stereocenters. The molecule has 4 aromatic rings. The van der Waals surface area contributed by atoms with Crippen LogP contribution in [-0.4, -0.2) is 57.1 Å². The van der Waals surface area contributed by atoms with Crippen molar-refractivity contribution in [3.05, 3.63) is 80.3 Å². The Morgan fingerprint density at radius 2 is 1.93 bits per heavy atom. The van der Waals surface area contributed by atoms with Crippen LogP contribution in [0.1, 0.15) is 37.9 Å². The minimum absolute atomic E-state index is 0.0119. The molecule has 3 aromatic heterocycles. The van der Waals surface area contributed by atoms with Crippen LogP contribution < -0.4 is 20.9 Å². The lowest BCUT2D eigenvalue weighted by Gasteiger charge is -2.48. The summed E-state index contributed by atoms with van der Waals surface area (Å²) in [6.45, 7) is 11.9. The molecule has 0 radical (unpaired) electrons. The molecule has 0 saturated carbocycles. The number of hydrogen-bond donors (Lipinski definition) is 1. The number of aromatic nitrogens is 3. The first-order chi connectivity index (χ1) is 21.3. The van der Waals surface area contributed by atoms with Crippen molar-refractivity contribution in [2.24, 2.45) is 0 Å². The van der Waals surface area contributed by atoms with E-state index >= 15 is 8.78 Å². The van der Waals surface area contributed by atoms with E-state index in [1.54, 1.807) is 17.2 Å². The molecule has 1 amide bonds. The third-order valence-electron chi connectivity index (χ3n) is 8.41. The summed E-state index contributed by atoms with van der Waals surface area (Å²) < 4.78 is 39.2. The van der Waals surface area contributed by atoms with E-state index in [1.165, 1.54) is 16.7 Å². The fraction of sp³-hybridized carbons (Fsp3) is 0.312. The lowest BCUT2D eigenvalue weighted by Crippen LogP contribution is -2.62. The van der Waals surface area contributed by atoms with Gasteiger partial charge in [0.1, 0.15) is 12.3 Å². The van der Waals surface area contributed by atoms with Gasteiger partial charge in [-0.05, 0) is 49.6 Å². The summed E-state index contributed by atoms with van der Waals surface area (Å²) in [7, 11) is 0. The highest BCUT2D eigenvalue weighted by atomic mass is 35.5. The topological polar surface area (TPSA) is 107 Å². The highest BCUT2D eigenvalue weighted by Crippen LogP contribution is 2.44. The molecule has 1 fully saturated rings. The number of anilines is 2. The van der Waals surface area contributed by atoms with Crippen molar-refractivity contribution in [1.82, 2.24) is 19.4 Å². The highest BCUT2D eigenvalue weighted by molar-refractivity contribution is 6.37. The first-order valence-electron chi connectivity index (χ1n) is 14.4. The predicted molar refractivity (Wildman–Crippen MR) is 172 cm³/mol. The average molecular weight is 656 g/mol. The Kier molecular flexibility index (Phi) is 7.73. The zero-order valence-corrected chi connectivity index (χ0v) is 26.5. The van der Waals surface area contributed by atoms with E-state index < -0.39 is 28.5 Å². The number of carbonyl (C=O) groups excluding carboxylic acids is 1. The number of fused-ring (bicyclic) bond motifs is 5. The van der Waals surface area contributed by atoms with Crippen LogP contribution in [0.5, 0.6) is 5.75 Å². The van der Waals surface area contributed by atoms with Crippen LogP contribution in [0.4, 0.5) is 20.2 Å². The van der Waals surface area contributed by atoms with Crippen LogP contribution in [0.15, 0.2) is 41.8 Å². The molecule has 234 valence electrons. The molecular formula is C32H30Cl2F2N6O3. The summed E-state index contributed by atoms with van der Waals surface area (Å²) in [6, 6.07) is 3.48. The highest BCUT2D eigenvalue weighted by Gasteiger charge is 2.41. The molecule has 2 N–H and O–H groups in total. The Balaban J connectivity index is 1.72. The molecule has 2 unspecified atom stereocenters. The maximum Gasteiger partial charge on any atom is 0.301 e. The van der Waals surface area contributed by atoms with Crippen molar-refractivity contribution in [3.8, 4) is 22.7 Å². The standard InChI is InChI=1S/C32H30Cl2F2N6O3/c1-6-22(43)40-12-17-13-45-30-29(41(17)11-16(40)5)18-9-21(35)27(23-24(36)19(33)10-20(34)25(23)37)39-31(18)42(32(30)44)28-15(4)7-8-38-26(28)14(2)3/h6-10,14,16-17H,1,11-13,37H2,2-5H3. The number of benzene rings is 1. The van der Waals surface area contributed by atoms with Crippen molar-refractivity contribution in [3.63, 3.8) is 0 Å². The van der Waals surface area contributed by atoms with E-state index in [1.807, 2.05) is 32.6 Å². The predicted octanol–water partition coefficient (Wildman–Crippen LogP) is 6.03. The fourth-order valence-corrected chi connectivity index (χ4v) is 6.69. The van der Waals surface area contributed by atoms with E-state index in [2.05, 4.69) is 16.5 Å². The fourth-order valence-electron chi connectivity index (χ4n) is 6.23. The van der Waals surface area contributed by atoms with E-state index in [4.69, 9.17) is 33.7 Å². The van der Waals surface area contributed by atoms with Crippen molar-refractivity contribution >= 4 is 51.5 Å². The van der Waals surface area contributed by atoms with Gasteiger partial charge in [-0.25, -0.2) is 13.8 Å². The summed E-state index contributed by atoms with van der Waals surface area (Å²) in [5.41, 5.74) is 6.58. The SMILES string of the molecule is C=CC(=O)N1CC2COc3c(c4cc(F)c(-c5c(N)c(Cl)cc(Cl)c5F)nc4n(-c4c(C)ccnc4C(C)C)c3=O)N2CC1C. The van der Waals surface area contributed by atoms with Crippen molar-refractivity contribution < 1.29 is 18.3 Å². The molecule has 45 heavy (non-hydrogen) atoms. The van der Waals surface area contributed by atoms with Gasteiger partial charge in [0, 0.05) is 30.7 Å². The van der Waals surface area contributed by atoms with Crippen molar-refractivity contribution in [2.45, 2.75) is 45.7 Å². The third-order valence-corrected chi connectivity index (χ3v) is 9.00. The number of piperazine rings is 1. The van der Waals surface area contributed by atoms with Gasteiger partial charge < -0.3 is 20.3 Å². The minimum atomic E-state index is -1.00. The number of ether oxygens (including phenoxy) is 1. The van der Waals surface area contributed by atoms with Crippen LogP contribution in [0.25, 0.3) is 28.0 Å². The van der Waals surface area contributed by atoms with Crippen LogP contribution in [0.3, 0.4) is 0 Å². The van der Waals surface area contributed by atoms with Gasteiger partial charge in [0.25, 0.3) is 0 Å². The molecule has 1 saturated heterocycles. The Hall–Kier alpha value is -4.22. The lowest BCUT2D eigenvalue weighted by molar-refractivity contribution is -0.129. The number of halogens is 4. The molecule has 0 spiro atoms. The number of amides is 1. The maximum absolute atomic E-state index is 16.2. The van der Waals surface area contributed by atoms with Gasteiger partial charge in [0.2, 0.25) is 11.7 Å². The first kappa shape index (κ1) is 30.8. The van der Waals surface area contributed by atoms with Gasteiger partial charge in [-0.15, -0.1) is 0 Å². The zero-order valence-electron chi connectivity index (χ0n) is 25.0. The van der Waals surface area contributed by atoms with Gasteiger partial charge in [-0.1, -0.05) is 43.6 Å². The van der Waals surface area contributed by atoms with Gasteiger partial charge in [-0.3, -0.25) is 19.1 Å². The number of aryl methyl sites for hydroxylation is 1. The first-order valence-corrected chi connectivity index (χ1v) is 15.1. The van der Waals surface area contributed by atoms with E-state index in [0.717, 1.165) is 6.07 Å². The number of rotatable bonds is 4. The molecule has 0 aliphatic carbocycles. The van der Waals surface area contributed by atoms with Crippen LogP contribution in [0.2, 0.25) is 10.0 Å². The number of pyridine rings is 3. The lowest BCUT2D eigenvalue weighted by atomic mass is 10.0. The van der Waals surface area contributed by atoms with Crippen LogP contribution in [-0.2, 0) is 4.79 Å². The summed E-state index contributed by atoms with van der Waals surface area (Å²) in [5, 5.41) is -0.199. The number of nitrogens with zero attached hydrogens (tertiary/aromatic N) is 5. The molecule has 0 bridgehead atoms. The largest absolute Gasteiger partial charge is 0.484 e. The molecule has 2 aliphatic rings. The zero-order chi connectivity index (χ0) is 32.5. The Morgan fingerprint density at radius 1 is 1.20 bits per heavy atom. The minimum Gasteiger partial charge on any atom is -0.484 e. The molecule has 13 heteroatoms. The van der Waals surface area contributed by atoms with E-state index in [9.17, 15) is 9.59 Å². The molecule has 9 nitrogen and oxygen atoms in total.